The highest BCUT2D eigenvalue weighted by Gasteiger charge is 1.80. The van der Waals surface area contributed by atoms with Crippen LogP contribution in [0.1, 0.15) is 27.7 Å². The van der Waals surface area contributed by atoms with Gasteiger partial charge in [-0.3, -0.25) is 0 Å². The molecule has 3 heteroatoms. The Morgan fingerprint density at radius 3 is 2.17 bits per heavy atom. The maximum atomic E-state index is 3.86. The van der Waals surface area contributed by atoms with E-state index >= 15 is 0 Å². The maximum absolute atomic E-state index is 3.86. The van der Waals surface area contributed by atoms with Crippen molar-refractivity contribution in [1.82, 2.24) is 14.9 Å². The first-order chi connectivity index (χ1) is 5.93. The summed E-state index contributed by atoms with van der Waals surface area (Å²) < 4.78 is 1.96. The van der Waals surface area contributed by atoms with Crippen LogP contribution in [0.25, 0.3) is 0 Å². The normalized spacial score (nSPS) is 7.42. The van der Waals surface area contributed by atoms with Crippen molar-refractivity contribution in [3.8, 4) is 0 Å². The summed E-state index contributed by atoms with van der Waals surface area (Å²) in [4.78, 5) is 3.86. The fraction of sp³-hybridized carbons (Fsp3) is 0.667. The Bertz CT molecular complexity index is 135. The predicted octanol–water partition coefficient (Wildman–Crippen LogP) is 2.11. The van der Waals surface area contributed by atoms with Crippen LogP contribution in [0.2, 0.25) is 0 Å². The first-order valence-corrected chi connectivity index (χ1v) is 4.54. The van der Waals surface area contributed by atoms with E-state index in [1.54, 1.807) is 12.5 Å². The molecule has 1 aromatic rings. The van der Waals surface area contributed by atoms with Gasteiger partial charge in [-0.1, -0.05) is 27.7 Å². The molecule has 0 aliphatic heterocycles. The number of hydrogen-bond donors (Lipinski definition) is 1. The van der Waals surface area contributed by atoms with Gasteiger partial charge in [0.25, 0.3) is 0 Å². The van der Waals surface area contributed by atoms with Crippen LogP contribution in [0.15, 0.2) is 18.7 Å². The van der Waals surface area contributed by atoms with Crippen LogP contribution in [0.4, 0.5) is 0 Å². The smallest absolute Gasteiger partial charge is 0.0956 e. The highest BCUT2D eigenvalue weighted by Crippen LogP contribution is 1.79. The molecular weight excluding hydrogens is 150 g/mol. The van der Waals surface area contributed by atoms with Crippen molar-refractivity contribution < 1.29 is 0 Å². The van der Waals surface area contributed by atoms with Gasteiger partial charge in [-0.2, -0.15) is 0 Å². The molecule has 0 aliphatic carbocycles. The molecule has 0 saturated carbocycles. The molecule has 0 aromatic carbocycles. The third kappa shape index (κ3) is 7.28. The molecular formula is C9H21N3. The number of nitrogens with zero attached hydrogens (tertiary/aromatic N) is 2. The van der Waals surface area contributed by atoms with E-state index < -0.39 is 0 Å². The second kappa shape index (κ2) is 12.8. The first-order valence-electron chi connectivity index (χ1n) is 4.54. The van der Waals surface area contributed by atoms with Crippen molar-refractivity contribution in [2.24, 2.45) is 0 Å². The van der Waals surface area contributed by atoms with Crippen LogP contribution in [-0.4, -0.2) is 16.6 Å². The van der Waals surface area contributed by atoms with Gasteiger partial charge in [-0.05, 0) is 7.05 Å². The summed E-state index contributed by atoms with van der Waals surface area (Å²) in [5, 5.41) is 2.99. The van der Waals surface area contributed by atoms with E-state index in [0.717, 1.165) is 6.67 Å². The highest BCUT2D eigenvalue weighted by molar-refractivity contribution is 4.72. The van der Waals surface area contributed by atoms with Crippen LogP contribution in [-0.2, 0) is 6.67 Å². The summed E-state index contributed by atoms with van der Waals surface area (Å²) >= 11 is 0. The van der Waals surface area contributed by atoms with E-state index in [9.17, 15) is 0 Å². The molecule has 1 rings (SSSR count). The fourth-order valence-electron chi connectivity index (χ4n) is 0.563. The summed E-state index contributed by atoms with van der Waals surface area (Å²) in [5.74, 6) is 0. The van der Waals surface area contributed by atoms with E-state index in [4.69, 9.17) is 0 Å². The number of hydrogen-bond acceptors (Lipinski definition) is 2. The Morgan fingerprint density at radius 1 is 1.25 bits per heavy atom. The second-order valence-corrected chi connectivity index (χ2v) is 1.59. The van der Waals surface area contributed by atoms with Crippen LogP contribution < -0.4 is 5.32 Å². The largest absolute Gasteiger partial charge is 0.324 e. The van der Waals surface area contributed by atoms with Crippen molar-refractivity contribution in [1.29, 1.82) is 0 Å². The van der Waals surface area contributed by atoms with Crippen molar-refractivity contribution in [3.63, 3.8) is 0 Å². The Hall–Kier alpha value is -0.830. The quantitative estimate of drug-likeness (QED) is 0.738. The molecule has 0 aliphatic rings. The Morgan fingerprint density at radius 2 is 1.83 bits per heavy atom. The molecule has 0 unspecified atom stereocenters. The molecule has 1 heterocycles. The molecule has 0 bridgehead atoms. The number of aromatic nitrogens is 2. The van der Waals surface area contributed by atoms with Crippen LogP contribution in [0, 0.1) is 0 Å². The lowest BCUT2D eigenvalue weighted by Crippen LogP contribution is -2.10. The van der Waals surface area contributed by atoms with Gasteiger partial charge >= 0.3 is 0 Å². The molecule has 0 saturated heterocycles. The monoisotopic (exact) mass is 171 g/mol. The lowest BCUT2D eigenvalue weighted by Gasteiger charge is -1.95. The molecule has 3 nitrogen and oxygen atoms in total. The number of rotatable bonds is 2. The van der Waals surface area contributed by atoms with E-state index in [0.29, 0.717) is 0 Å². The zero-order chi connectivity index (χ0) is 9.82. The van der Waals surface area contributed by atoms with E-state index in [1.807, 2.05) is 45.5 Å². The molecule has 0 spiro atoms. The Balaban J connectivity index is 0. The van der Waals surface area contributed by atoms with Gasteiger partial charge < -0.3 is 9.88 Å². The Kier molecular flexibility index (Phi) is 14.7. The number of imidazole rings is 1. The molecule has 12 heavy (non-hydrogen) atoms. The lowest BCUT2D eigenvalue weighted by atomic mass is 10.9. The van der Waals surface area contributed by atoms with Crippen molar-refractivity contribution in [2.75, 3.05) is 7.05 Å². The summed E-state index contributed by atoms with van der Waals surface area (Å²) in [6.07, 6.45) is 5.45. The summed E-state index contributed by atoms with van der Waals surface area (Å²) in [6, 6.07) is 0. The zero-order valence-electron chi connectivity index (χ0n) is 8.83. The van der Waals surface area contributed by atoms with E-state index in [-0.39, 0.29) is 0 Å². The van der Waals surface area contributed by atoms with Gasteiger partial charge in [0, 0.05) is 12.4 Å². The average Bonchev–Trinajstić information content (AvgIpc) is 2.65. The van der Waals surface area contributed by atoms with Crippen molar-refractivity contribution in [2.45, 2.75) is 34.4 Å². The van der Waals surface area contributed by atoms with Crippen LogP contribution in [0.5, 0.6) is 0 Å². The van der Waals surface area contributed by atoms with Gasteiger partial charge in [-0.25, -0.2) is 4.98 Å². The third-order valence-electron chi connectivity index (χ3n) is 0.900. The van der Waals surface area contributed by atoms with Crippen LogP contribution in [0.3, 0.4) is 0 Å². The van der Waals surface area contributed by atoms with Crippen molar-refractivity contribution in [3.05, 3.63) is 18.7 Å². The van der Waals surface area contributed by atoms with Crippen molar-refractivity contribution >= 4 is 0 Å². The van der Waals surface area contributed by atoms with E-state index in [2.05, 4.69) is 10.3 Å². The fourth-order valence-corrected chi connectivity index (χ4v) is 0.563. The minimum Gasteiger partial charge on any atom is -0.324 e. The highest BCUT2D eigenvalue weighted by atomic mass is 15.1. The SMILES string of the molecule is CC.CC.CNCn1ccnc1. The standard InChI is InChI=1S/C5H9N3.2C2H6/c1-6-4-8-3-2-7-5-8;2*1-2/h2-3,5-6H,4H2,1H3;2*1-2H3. The lowest BCUT2D eigenvalue weighted by molar-refractivity contribution is 0.617. The molecule has 0 atom stereocenters. The molecule has 1 aromatic heterocycles. The Labute approximate surface area is 75.8 Å². The van der Waals surface area contributed by atoms with Gasteiger partial charge in [0.1, 0.15) is 0 Å². The first kappa shape index (κ1) is 13.7. The van der Waals surface area contributed by atoms with Crippen LogP contribution >= 0.6 is 0 Å². The summed E-state index contributed by atoms with van der Waals surface area (Å²) in [7, 11) is 1.90. The molecule has 0 radical (unpaired) electrons. The van der Waals surface area contributed by atoms with Gasteiger partial charge in [0.05, 0.1) is 13.0 Å². The minimum atomic E-state index is 0.833. The van der Waals surface area contributed by atoms with E-state index in [1.165, 1.54) is 0 Å². The zero-order valence-corrected chi connectivity index (χ0v) is 8.83. The molecule has 0 amide bonds. The molecule has 72 valence electrons. The average molecular weight is 171 g/mol. The second-order valence-electron chi connectivity index (χ2n) is 1.59. The summed E-state index contributed by atoms with van der Waals surface area (Å²) in [6.45, 7) is 8.83. The summed E-state index contributed by atoms with van der Waals surface area (Å²) in [5.41, 5.74) is 0. The van der Waals surface area contributed by atoms with Gasteiger partial charge in [0.15, 0.2) is 0 Å². The van der Waals surface area contributed by atoms with Gasteiger partial charge in [0.2, 0.25) is 0 Å². The van der Waals surface area contributed by atoms with Gasteiger partial charge in [-0.15, -0.1) is 0 Å². The minimum absolute atomic E-state index is 0.833. The molecule has 1 N–H and O–H groups in total. The number of nitrogens with one attached hydrogen (secondary N) is 1. The third-order valence-corrected chi connectivity index (χ3v) is 0.900. The molecule has 0 fully saturated rings. The predicted molar refractivity (Wildman–Crippen MR) is 54.0 cm³/mol. The topological polar surface area (TPSA) is 29.9 Å². The maximum Gasteiger partial charge on any atom is 0.0956 e.